The van der Waals surface area contributed by atoms with Gasteiger partial charge in [0.25, 0.3) is 0 Å². The summed E-state index contributed by atoms with van der Waals surface area (Å²) in [6, 6.07) is 0. The number of rotatable bonds is 16. The standard InChI is InChI=1S/C22H40O4/c1-5-7-9-11-15-21(25-19(3)23)17-13-14-18-22(26-20(4)24)16-12-10-8-6-2/h13-14,21-22H,5-12,15-18H2,1-4H3. The van der Waals surface area contributed by atoms with Crippen LogP contribution in [-0.2, 0) is 19.1 Å². The number of carbonyl (C=O) groups is 2. The lowest BCUT2D eigenvalue weighted by Gasteiger charge is -2.16. The molecule has 0 bridgehead atoms. The fraction of sp³-hybridized carbons (Fsp3) is 0.818. The molecule has 4 heteroatoms. The molecule has 0 aromatic carbocycles. The maximum atomic E-state index is 11.3. The van der Waals surface area contributed by atoms with E-state index < -0.39 is 0 Å². The first-order valence-electron chi connectivity index (χ1n) is 10.5. The molecule has 0 fully saturated rings. The van der Waals surface area contributed by atoms with E-state index in [0.717, 1.165) is 38.5 Å². The molecule has 0 spiro atoms. The maximum Gasteiger partial charge on any atom is 0.302 e. The molecule has 0 aromatic rings. The number of hydrogen-bond donors (Lipinski definition) is 0. The summed E-state index contributed by atoms with van der Waals surface area (Å²) in [6.45, 7) is 7.31. The molecule has 0 aliphatic carbocycles. The Morgan fingerprint density at radius 2 is 1.08 bits per heavy atom. The first-order chi connectivity index (χ1) is 12.5. The molecule has 0 rings (SSSR count). The minimum Gasteiger partial charge on any atom is -0.462 e. The highest BCUT2D eigenvalue weighted by molar-refractivity contribution is 5.66. The predicted octanol–water partition coefficient (Wildman–Crippen LogP) is 6.13. The summed E-state index contributed by atoms with van der Waals surface area (Å²) >= 11 is 0. The average molecular weight is 369 g/mol. The van der Waals surface area contributed by atoms with Crippen molar-refractivity contribution < 1.29 is 19.1 Å². The van der Waals surface area contributed by atoms with Crippen LogP contribution in [0.2, 0.25) is 0 Å². The molecule has 26 heavy (non-hydrogen) atoms. The molecule has 0 saturated heterocycles. The zero-order valence-corrected chi connectivity index (χ0v) is 17.4. The van der Waals surface area contributed by atoms with Crippen molar-refractivity contribution in [3.8, 4) is 0 Å². The van der Waals surface area contributed by atoms with E-state index in [1.807, 2.05) is 0 Å². The molecule has 0 saturated carbocycles. The molecule has 152 valence electrons. The Kier molecular flexibility index (Phi) is 16.2. The summed E-state index contributed by atoms with van der Waals surface area (Å²) in [5, 5.41) is 0. The number of ether oxygens (including phenoxy) is 2. The van der Waals surface area contributed by atoms with Crippen LogP contribution in [0.5, 0.6) is 0 Å². The fourth-order valence-corrected chi connectivity index (χ4v) is 3.01. The van der Waals surface area contributed by atoms with Gasteiger partial charge in [-0.2, -0.15) is 0 Å². The van der Waals surface area contributed by atoms with Crippen molar-refractivity contribution in [1.82, 2.24) is 0 Å². The van der Waals surface area contributed by atoms with Gasteiger partial charge in [-0.3, -0.25) is 9.59 Å². The van der Waals surface area contributed by atoms with Gasteiger partial charge < -0.3 is 9.47 Å². The summed E-state index contributed by atoms with van der Waals surface area (Å²) in [4.78, 5) is 22.5. The van der Waals surface area contributed by atoms with E-state index in [1.54, 1.807) is 0 Å². The first kappa shape index (κ1) is 24.7. The van der Waals surface area contributed by atoms with Gasteiger partial charge in [-0.25, -0.2) is 0 Å². The summed E-state index contributed by atoms with van der Waals surface area (Å²) in [6.07, 6.45) is 16.7. The number of unbranched alkanes of at least 4 members (excludes halogenated alkanes) is 6. The Morgan fingerprint density at radius 1 is 0.692 bits per heavy atom. The molecule has 2 atom stereocenters. The van der Waals surface area contributed by atoms with Crippen LogP contribution in [0.25, 0.3) is 0 Å². The Morgan fingerprint density at radius 3 is 1.38 bits per heavy atom. The highest BCUT2D eigenvalue weighted by Gasteiger charge is 2.12. The topological polar surface area (TPSA) is 52.6 Å². The van der Waals surface area contributed by atoms with E-state index in [9.17, 15) is 9.59 Å². The summed E-state index contributed by atoms with van der Waals surface area (Å²) in [7, 11) is 0. The second kappa shape index (κ2) is 17.1. The van der Waals surface area contributed by atoms with Crippen molar-refractivity contribution in [2.45, 2.75) is 117 Å². The van der Waals surface area contributed by atoms with Gasteiger partial charge in [0.1, 0.15) is 12.2 Å². The van der Waals surface area contributed by atoms with Gasteiger partial charge in [-0.05, 0) is 25.7 Å². The maximum absolute atomic E-state index is 11.3. The van der Waals surface area contributed by atoms with Crippen LogP contribution in [0.1, 0.15) is 105 Å². The molecule has 0 radical (unpaired) electrons. The van der Waals surface area contributed by atoms with Crippen LogP contribution in [0.4, 0.5) is 0 Å². The van der Waals surface area contributed by atoms with Gasteiger partial charge in [0.15, 0.2) is 0 Å². The van der Waals surface area contributed by atoms with Crippen LogP contribution in [0.3, 0.4) is 0 Å². The molecule has 0 heterocycles. The van der Waals surface area contributed by atoms with Crippen LogP contribution in [0, 0.1) is 0 Å². The molecule has 4 nitrogen and oxygen atoms in total. The largest absolute Gasteiger partial charge is 0.462 e. The van der Waals surface area contributed by atoms with Gasteiger partial charge in [0.2, 0.25) is 0 Å². The van der Waals surface area contributed by atoms with E-state index in [-0.39, 0.29) is 24.1 Å². The molecular weight excluding hydrogens is 328 g/mol. The minimum absolute atomic E-state index is 0.0441. The third-order valence-electron chi connectivity index (χ3n) is 4.39. The van der Waals surface area contributed by atoms with Gasteiger partial charge in [-0.15, -0.1) is 0 Å². The summed E-state index contributed by atoms with van der Waals surface area (Å²) in [5.41, 5.74) is 0. The molecule has 0 amide bonds. The van der Waals surface area contributed by atoms with Crippen molar-refractivity contribution in [3.63, 3.8) is 0 Å². The van der Waals surface area contributed by atoms with E-state index in [1.165, 1.54) is 52.4 Å². The van der Waals surface area contributed by atoms with Gasteiger partial charge in [-0.1, -0.05) is 64.5 Å². The lowest BCUT2D eigenvalue weighted by Crippen LogP contribution is -2.16. The van der Waals surface area contributed by atoms with Gasteiger partial charge >= 0.3 is 11.9 Å². The number of esters is 2. The third kappa shape index (κ3) is 16.2. The van der Waals surface area contributed by atoms with Crippen molar-refractivity contribution in [3.05, 3.63) is 12.2 Å². The van der Waals surface area contributed by atoms with Crippen molar-refractivity contribution in [2.75, 3.05) is 0 Å². The predicted molar refractivity (Wildman–Crippen MR) is 107 cm³/mol. The zero-order chi connectivity index (χ0) is 19.6. The van der Waals surface area contributed by atoms with Crippen molar-refractivity contribution >= 4 is 11.9 Å². The Hall–Kier alpha value is -1.32. The summed E-state index contributed by atoms with van der Waals surface area (Å²) in [5.74, 6) is -0.430. The molecule has 0 aliphatic rings. The van der Waals surface area contributed by atoms with E-state index in [4.69, 9.17) is 9.47 Å². The van der Waals surface area contributed by atoms with Gasteiger partial charge in [0, 0.05) is 26.7 Å². The second-order valence-corrected chi connectivity index (χ2v) is 7.10. The fourth-order valence-electron chi connectivity index (χ4n) is 3.01. The lowest BCUT2D eigenvalue weighted by molar-refractivity contribution is -0.147. The molecule has 0 N–H and O–H groups in total. The van der Waals surface area contributed by atoms with Crippen molar-refractivity contribution in [2.24, 2.45) is 0 Å². The minimum atomic E-state index is -0.215. The van der Waals surface area contributed by atoms with Crippen LogP contribution in [-0.4, -0.2) is 24.1 Å². The molecule has 0 aliphatic heterocycles. The summed E-state index contributed by atoms with van der Waals surface area (Å²) < 4.78 is 10.8. The van der Waals surface area contributed by atoms with E-state index in [0.29, 0.717) is 0 Å². The Bertz CT molecular complexity index is 354. The highest BCUT2D eigenvalue weighted by Crippen LogP contribution is 2.15. The van der Waals surface area contributed by atoms with Crippen LogP contribution >= 0.6 is 0 Å². The quantitative estimate of drug-likeness (QED) is 0.187. The number of hydrogen-bond acceptors (Lipinski definition) is 4. The first-order valence-corrected chi connectivity index (χ1v) is 10.5. The Balaban J connectivity index is 4.30. The van der Waals surface area contributed by atoms with Crippen LogP contribution < -0.4 is 0 Å². The highest BCUT2D eigenvalue weighted by atomic mass is 16.5. The Labute approximate surface area is 160 Å². The molecule has 0 aromatic heterocycles. The van der Waals surface area contributed by atoms with E-state index >= 15 is 0 Å². The average Bonchev–Trinajstić information content (AvgIpc) is 2.57. The van der Waals surface area contributed by atoms with Gasteiger partial charge in [0.05, 0.1) is 0 Å². The SMILES string of the molecule is CCCCCCC(CC=CCC(CCCCCC)OC(C)=O)OC(C)=O. The van der Waals surface area contributed by atoms with E-state index in [2.05, 4.69) is 26.0 Å². The number of carbonyl (C=O) groups excluding carboxylic acids is 2. The van der Waals surface area contributed by atoms with Crippen LogP contribution in [0.15, 0.2) is 12.2 Å². The zero-order valence-electron chi connectivity index (χ0n) is 17.4. The monoisotopic (exact) mass is 368 g/mol. The lowest BCUT2D eigenvalue weighted by atomic mass is 10.0. The third-order valence-corrected chi connectivity index (χ3v) is 4.39. The van der Waals surface area contributed by atoms with Crippen molar-refractivity contribution in [1.29, 1.82) is 0 Å². The second-order valence-electron chi connectivity index (χ2n) is 7.10. The normalized spacial score (nSPS) is 13.5. The molecule has 2 unspecified atom stereocenters. The smallest absolute Gasteiger partial charge is 0.302 e. The molecular formula is C22H40O4.